The summed E-state index contributed by atoms with van der Waals surface area (Å²) in [6, 6.07) is 20.1. The highest BCUT2D eigenvalue weighted by Gasteiger charge is 2.22. The fourth-order valence-electron chi connectivity index (χ4n) is 3.45. The number of benzene rings is 2. The zero-order chi connectivity index (χ0) is 19.6. The summed E-state index contributed by atoms with van der Waals surface area (Å²) in [5.74, 6) is 1.82. The van der Waals surface area contributed by atoms with Crippen LogP contribution in [-0.2, 0) is 6.42 Å². The zero-order valence-corrected chi connectivity index (χ0v) is 16.6. The number of aliphatic imine (C=N–C) groups is 1. The Morgan fingerprint density at radius 3 is 2.39 bits per heavy atom. The number of piperidine rings is 1. The maximum Gasteiger partial charge on any atom is 0.194 e. The fourth-order valence-corrected chi connectivity index (χ4v) is 3.45. The minimum Gasteiger partial charge on any atom is -0.490 e. The highest BCUT2D eigenvalue weighted by Crippen LogP contribution is 2.18. The predicted octanol–water partition coefficient (Wildman–Crippen LogP) is 3.10. The van der Waals surface area contributed by atoms with Crippen LogP contribution < -0.4 is 10.1 Å². The molecule has 1 unspecified atom stereocenters. The summed E-state index contributed by atoms with van der Waals surface area (Å²) in [4.78, 5) is 6.95. The Labute approximate surface area is 168 Å². The normalized spacial score (nSPS) is 16.6. The van der Waals surface area contributed by atoms with Gasteiger partial charge >= 0.3 is 0 Å². The molecule has 0 radical (unpaired) electrons. The molecule has 2 aromatic carbocycles. The summed E-state index contributed by atoms with van der Waals surface area (Å²) in [6.07, 6.45) is 2.31. The van der Waals surface area contributed by atoms with E-state index in [9.17, 15) is 5.11 Å². The standard InChI is InChI=1S/C23H31N3O2/c1-2-24-23(25-18-20(27)17-19-9-5-3-6-10-19)26-15-13-22(14-16-26)28-21-11-7-4-8-12-21/h3-12,20,22,27H,2,13-18H2,1H3,(H,24,25). The van der Waals surface area contributed by atoms with Gasteiger partial charge in [-0.15, -0.1) is 0 Å². The number of nitrogens with one attached hydrogen (secondary N) is 1. The summed E-state index contributed by atoms with van der Waals surface area (Å²) in [5.41, 5.74) is 1.13. The number of aliphatic hydroxyl groups is 1. The maximum absolute atomic E-state index is 10.4. The van der Waals surface area contributed by atoms with Gasteiger partial charge in [0.05, 0.1) is 12.6 Å². The van der Waals surface area contributed by atoms with Crippen LogP contribution in [0.25, 0.3) is 0 Å². The first-order valence-electron chi connectivity index (χ1n) is 10.2. The molecule has 0 saturated carbocycles. The average Bonchev–Trinajstić information content (AvgIpc) is 2.73. The Hall–Kier alpha value is -2.53. The first-order valence-corrected chi connectivity index (χ1v) is 10.2. The summed E-state index contributed by atoms with van der Waals surface area (Å²) >= 11 is 0. The third-order valence-corrected chi connectivity index (χ3v) is 4.89. The Morgan fingerprint density at radius 2 is 1.75 bits per heavy atom. The van der Waals surface area contributed by atoms with Crippen molar-refractivity contribution >= 4 is 5.96 Å². The quantitative estimate of drug-likeness (QED) is 0.572. The number of guanidine groups is 1. The fraction of sp³-hybridized carbons (Fsp3) is 0.435. The van der Waals surface area contributed by atoms with Crippen LogP contribution in [0, 0.1) is 0 Å². The van der Waals surface area contributed by atoms with Crippen molar-refractivity contribution in [2.45, 2.75) is 38.4 Å². The van der Waals surface area contributed by atoms with Crippen LogP contribution in [-0.4, -0.2) is 54.4 Å². The van der Waals surface area contributed by atoms with E-state index in [2.05, 4.69) is 22.1 Å². The topological polar surface area (TPSA) is 57.1 Å². The molecule has 2 aromatic rings. The second kappa shape index (κ2) is 10.7. The Bertz CT molecular complexity index is 713. The number of rotatable bonds is 7. The van der Waals surface area contributed by atoms with E-state index in [-0.39, 0.29) is 6.10 Å². The van der Waals surface area contributed by atoms with Crippen LogP contribution in [0.2, 0.25) is 0 Å². The van der Waals surface area contributed by atoms with Crippen LogP contribution in [0.3, 0.4) is 0 Å². The molecule has 1 heterocycles. The number of para-hydroxylation sites is 1. The molecule has 0 aromatic heterocycles. The molecule has 0 aliphatic carbocycles. The van der Waals surface area contributed by atoms with Crippen LogP contribution in [0.1, 0.15) is 25.3 Å². The van der Waals surface area contributed by atoms with Gasteiger partial charge in [-0.05, 0) is 24.6 Å². The number of hydrogen-bond donors (Lipinski definition) is 2. The Balaban J connectivity index is 1.50. The molecular formula is C23H31N3O2. The van der Waals surface area contributed by atoms with Crippen LogP contribution in [0.15, 0.2) is 65.7 Å². The van der Waals surface area contributed by atoms with Gasteiger partial charge in [0, 0.05) is 38.9 Å². The number of aliphatic hydroxyl groups excluding tert-OH is 1. The van der Waals surface area contributed by atoms with Crippen LogP contribution in [0.5, 0.6) is 5.75 Å². The third kappa shape index (κ3) is 6.27. The van der Waals surface area contributed by atoms with Crippen LogP contribution >= 0.6 is 0 Å². The van der Waals surface area contributed by atoms with E-state index in [1.54, 1.807) is 0 Å². The van der Waals surface area contributed by atoms with Gasteiger partial charge in [-0.1, -0.05) is 48.5 Å². The highest BCUT2D eigenvalue weighted by atomic mass is 16.5. The van der Waals surface area contributed by atoms with Gasteiger partial charge in [-0.3, -0.25) is 4.99 Å². The van der Waals surface area contributed by atoms with Gasteiger partial charge in [0.25, 0.3) is 0 Å². The smallest absolute Gasteiger partial charge is 0.194 e. The van der Waals surface area contributed by atoms with Crippen molar-refractivity contribution in [2.24, 2.45) is 4.99 Å². The van der Waals surface area contributed by atoms with Crippen molar-refractivity contribution < 1.29 is 9.84 Å². The highest BCUT2D eigenvalue weighted by molar-refractivity contribution is 5.80. The minimum absolute atomic E-state index is 0.241. The van der Waals surface area contributed by atoms with E-state index in [1.807, 2.05) is 60.7 Å². The van der Waals surface area contributed by atoms with Gasteiger partial charge in [-0.2, -0.15) is 0 Å². The molecule has 0 bridgehead atoms. The average molecular weight is 382 g/mol. The molecule has 1 saturated heterocycles. The van der Waals surface area contributed by atoms with Gasteiger partial charge in [0.2, 0.25) is 0 Å². The van der Waals surface area contributed by atoms with Crippen molar-refractivity contribution in [3.63, 3.8) is 0 Å². The maximum atomic E-state index is 10.4. The van der Waals surface area contributed by atoms with Gasteiger partial charge in [0.1, 0.15) is 11.9 Å². The van der Waals surface area contributed by atoms with Gasteiger partial charge < -0.3 is 20.1 Å². The largest absolute Gasteiger partial charge is 0.490 e. The molecule has 150 valence electrons. The van der Waals surface area contributed by atoms with Gasteiger partial charge in [-0.25, -0.2) is 0 Å². The molecule has 3 rings (SSSR count). The van der Waals surface area contributed by atoms with E-state index in [0.717, 1.165) is 49.7 Å². The zero-order valence-electron chi connectivity index (χ0n) is 16.6. The van der Waals surface area contributed by atoms with Crippen molar-refractivity contribution in [1.29, 1.82) is 0 Å². The number of likely N-dealkylation sites (tertiary alicyclic amines) is 1. The third-order valence-electron chi connectivity index (χ3n) is 4.89. The van der Waals surface area contributed by atoms with Crippen molar-refractivity contribution in [1.82, 2.24) is 10.2 Å². The number of nitrogens with zero attached hydrogens (tertiary/aromatic N) is 2. The van der Waals surface area contributed by atoms with Crippen molar-refractivity contribution in [2.75, 3.05) is 26.2 Å². The monoisotopic (exact) mass is 381 g/mol. The van der Waals surface area contributed by atoms with E-state index in [1.165, 1.54) is 0 Å². The Kier molecular flexibility index (Phi) is 7.73. The molecule has 1 aliphatic heterocycles. The minimum atomic E-state index is -0.477. The molecule has 1 aliphatic rings. The lowest BCUT2D eigenvalue weighted by Crippen LogP contribution is -2.47. The second-order valence-electron chi connectivity index (χ2n) is 7.16. The molecule has 2 N–H and O–H groups in total. The molecule has 0 spiro atoms. The first-order chi connectivity index (χ1) is 13.7. The molecule has 0 amide bonds. The lowest BCUT2D eigenvalue weighted by atomic mass is 10.1. The second-order valence-corrected chi connectivity index (χ2v) is 7.16. The molecule has 28 heavy (non-hydrogen) atoms. The molecular weight excluding hydrogens is 350 g/mol. The first kappa shape index (κ1) is 20.2. The molecule has 5 heteroatoms. The summed E-state index contributed by atoms with van der Waals surface area (Å²) in [7, 11) is 0. The number of ether oxygens (including phenoxy) is 1. The van der Waals surface area contributed by atoms with E-state index < -0.39 is 6.10 Å². The van der Waals surface area contributed by atoms with E-state index in [4.69, 9.17) is 4.74 Å². The Morgan fingerprint density at radius 1 is 1.11 bits per heavy atom. The summed E-state index contributed by atoms with van der Waals surface area (Å²) < 4.78 is 6.08. The SMILES string of the molecule is CCNC(=NCC(O)Cc1ccccc1)N1CCC(Oc2ccccc2)CC1. The summed E-state index contributed by atoms with van der Waals surface area (Å²) in [5, 5.41) is 13.7. The van der Waals surface area contributed by atoms with Crippen molar-refractivity contribution in [3.05, 3.63) is 66.2 Å². The molecule has 5 nitrogen and oxygen atoms in total. The van der Waals surface area contributed by atoms with Crippen LogP contribution in [0.4, 0.5) is 0 Å². The molecule has 1 atom stereocenters. The number of hydrogen-bond acceptors (Lipinski definition) is 3. The van der Waals surface area contributed by atoms with Crippen molar-refractivity contribution in [3.8, 4) is 5.75 Å². The van der Waals surface area contributed by atoms with E-state index in [0.29, 0.717) is 13.0 Å². The summed E-state index contributed by atoms with van der Waals surface area (Å²) in [6.45, 7) is 5.09. The predicted molar refractivity (Wildman–Crippen MR) is 114 cm³/mol. The lowest BCUT2D eigenvalue weighted by molar-refractivity contribution is 0.129. The molecule has 1 fully saturated rings. The van der Waals surface area contributed by atoms with E-state index >= 15 is 0 Å². The van der Waals surface area contributed by atoms with Gasteiger partial charge in [0.15, 0.2) is 5.96 Å². The lowest BCUT2D eigenvalue weighted by Gasteiger charge is -2.34.